The first-order valence-corrected chi connectivity index (χ1v) is 22.7. The number of alkyl halides is 4. The van der Waals surface area contributed by atoms with E-state index in [0.717, 1.165) is 0 Å². The number of hydrogen-bond acceptors (Lipinski definition) is 8. The Labute approximate surface area is 271 Å². The van der Waals surface area contributed by atoms with E-state index in [9.17, 15) is 0 Å². The molecule has 2 rings (SSSR count). The molecule has 30 heavy (non-hydrogen) atoms. The van der Waals surface area contributed by atoms with E-state index in [4.69, 9.17) is 0 Å². The van der Waals surface area contributed by atoms with Crippen LogP contribution in [0.2, 0.25) is 0 Å². The summed E-state index contributed by atoms with van der Waals surface area (Å²) in [6.07, 6.45) is 5.21. The van der Waals surface area contributed by atoms with Crippen LogP contribution in [0.1, 0.15) is 25.7 Å². The zero-order valence-electron chi connectivity index (χ0n) is 16.3. The van der Waals surface area contributed by atoms with E-state index in [1.807, 2.05) is 0 Å². The van der Waals surface area contributed by atoms with E-state index < -0.39 is 0 Å². The van der Waals surface area contributed by atoms with E-state index in [2.05, 4.69) is 184 Å². The average molecular weight is 1000 g/mol. The Hall–Kier alpha value is 4.94. The number of hydrogen-bond donors (Lipinski definition) is 0. The zero-order chi connectivity index (χ0) is 21.6. The lowest BCUT2D eigenvalue weighted by Crippen LogP contribution is -1.82. The first-order valence-electron chi connectivity index (χ1n) is 9.42. The molecule has 2 aliphatic rings. The minimum atomic E-state index is 1.25. The molecular weight excluding hydrogens is 980 g/mol. The number of halogens is 4. The first-order chi connectivity index (χ1) is 14.7. The fourth-order valence-corrected chi connectivity index (χ4v) is 17.6. The highest BCUT2D eigenvalue weighted by atomic mass is 127. The Kier molecular flexibility index (Phi) is 20.7. The van der Waals surface area contributed by atoms with Gasteiger partial charge in [-0.3, -0.25) is 0 Å². The quantitative estimate of drug-likeness (QED) is 0.0841. The van der Waals surface area contributed by atoms with E-state index in [1.165, 1.54) is 74.9 Å². The van der Waals surface area contributed by atoms with Crippen molar-refractivity contribution < 1.29 is 0 Å². The summed E-state index contributed by atoms with van der Waals surface area (Å²) in [4.78, 5) is 0. The Morgan fingerprint density at radius 3 is 0.867 bits per heavy atom. The van der Waals surface area contributed by atoms with E-state index in [-0.39, 0.29) is 0 Å². The van der Waals surface area contributed by atoms with Crippen molar-refractivity contribution in [2.45, 2.75) is 25.7 Å². The van der Waals surface area contributed by atoms with Crippen LogP contribution in [0.25, 0.3) is 0 Å². The second-order valence-corrected chi connectivity index (χ2v) is 20.1. The summed E-state index contributed by atoms with van der Waals surface area (Å²) in [7, 11) is 0. The van der Waals surface area contributed by atoms with Crippen molar-refractivity contribution in [2.24, 2.45) is 0 Å². The lowest BCUT2D eigenvalue weighted by atomic mass is 10.6. The van der Waals surface area contributed by atoms with Gasteiger partial charge in [0.2, 0.25) is 0 Å². The molecule has 0 saturated heterocycles. The van der Waals surface area contributed by atoms with Crippen molar-refractivity contribution in [3.8, 4) is 0 Å². The van der Waals surface area contributed by atoms with Crippen molar-refractivity contribution >= 4 is 184 Å². The summed E-state index contributed by atoms with van der Waals surface area (Å²) < 4.78 is 14.4. The fraction of sp³-hybridized carbons (Fsp3) is 0.667. The summed E-state index contributed by atoms with van der Waals surface area (Å²) in [5, 5.41) is 0. The standard InChI is InChI=1S/C18H24I4S8/c19-5-1-9-23-13-14(24-10-2-6-20)28-17(27-13)18-29-15(25-11-3-7-21)16(30-18)26-12-4-8-22/h1-12H2. The van der Waals surface area contributed by atoms with Crippen LogP contribution in [0.5, 0.6) is 0 Å². The molecule has 0 aromatic rings. The van der Waals surface area contributed by atoms with Crippen molar-refractivity contribution in [3.05, 3.63) is 25.4 Å². The maximum Gasteiger partial charge on any atom is 0.0717 e. The van der Waals surface area contributed by atoms with Crippen LogP contribution in [-0.4, -0.2) is 40.7 Å². The third-order valence-electron chi connectivity index (χ3n) is 3.29. The zero-order valence-corrected chi connectivity index (χ0v) is 31.4. The molecule has 0 atom stereocenters. The van der Waals surface area contributed by atoms with Crippen molar-refractivity contribution in [1.82, 2.24) is 0 Å². The van der Waals surface area contributed by atoms with E-state index in [0.29, 0.717) is 0 Å². The minimum absolute atomic E-state index is 1.25. The third kappa shape index (κ3) is 12.0. The SMILES string of the molecule is ICCCSC1=C(SCCCI)SC(=C2SC(SCCCI)=C(SCCCI)S2)S1. The summed E-state index contributed by atoms with van der Waals surface area (Å²) in [6.45, 7) is 0. The van der Waals surface area contributed by atoms with Crippen LogP contribution in [0, 0.1) is 0 Å². The van der Waals surface area contributed by atoms with Crippen LogP contribution in [0.3, 0.4) is 0 Å². The van der Waals surface area contributed by atoms with Gasteiger partial charge in [0, 0.05) is 17.7 Å². The van der Waals surface area contributed by atoms with Gasteiger partial charge in [-0.2, -0.15) is 0 Å². The second kappa shape index (κ2) is 20.0. The maximum absolute atomic E-state index is 2.50. The summed E-state index contributed by atoms with van der Waals surface area (Å²) in [6, 6.07) is 0. The molecule has 0 aliphatic carbocycles. The molecule has 0 spiro atoms. The molecule has 0 amide bonds. The molecule has 0 radical (unpaired) electrons. The van der Waals surface area contributed by atoms with Gasteiger partial charge in [0.05, 0.1) is 25.4 Å². The van der Waals surface area contributed by atoms with Gasteiger partial charge in [0.15, 0.2) is 0 Å². The van der Waals surface area contributed by atoms with Gasteiger partial charge in [0.25, 0.3) is 0 Å². The Morgan fingerprint density at radius 2 is 0.667 bits per heavy atom. The van der Waals surface area contributed by atoms with Gasteiger partial charge in [-0.15, -0.1) is 47.0 Å². The highest BCUT2D eigenvalue weighted by Crippen LogP contribution is 2.66. The highest BCUT2D eigenvalue weighted by Gasteiger charge is 2.30. The molecule has 0 unspecified atom stereocenters. The largest absolute Gasteiger partial charge is 0.117 e. The predicted octanol–water partition coefficient (Wildman–Crippen LogP) is 11.6. The first kappa shape index (κ1) is 31.2. The smallest absolute Gasteiger partial charge is 0.0717 e. The molecule has 0 saturated carbocycles. The van der Waals surface area contributed by atoms with Gasteiger partial charge in [-0.25, -0.2) is 0 Å². The summed E-state index contributed by atoms with van der Waals surface area (Å²) >= 11 is 26.6. The lowest BCUT2D eigenvalue weighted by molar-refractivity contribution is 1.15. The topological polar surface area (TPSA) is 0 Å². The molecule has 172 valence electrons. The number of thioether (sulfide) groups is 8. The van der Waals surface area contributed by atoms with Crippen LogP contribution in [0.4, 0.5) is 0 Å². The molecule has 0 aromatic heterocycles. The van der Waals surface area contributed by atoms with Gasteiger partial charge in [-0.1, -0.05) is 137 Å². The fourth-order valence-electron chi connectivity index (χ4n) is 1.94. The molecular formula is C18H24I4S8. The molecule has 0 bridgehead atoms. The van der Waals surface area contributed by atoms with E-state index in [1.54, 1.807) is 16.9 Å². The normalized spacial score (nSPS) is 17.2. The van der Waals surface area contributed by atoms with Crippen LogP contribution >= 0.6 is 184 Å². The van der Waals surface area contributed by atoms with Gasteiger partial charge in [-0.05, 0) is 48.7 Å². The molecule has 12 heteroatoms. The molecule has 0 nitrogen and oxygen atoms in total. The van der Waals surface area contributed by atoms with Gasteiger partial charge >= 0.3 is 0 Å². The molecule has 2 heterocycles. The Morgan fingerprint density at radius 1 is 0.433 bits per heavy atom. The predicted molar refractivity (Wildman–Crippen MR) is 195 cm³/mol. The van der Waals surface area contributed by atoms with Crippen molar-refractivity contribution in [2.75, 3.05) is 40.7 Å². The minimum Gasteiger partial charge on any atom is -0.117 e. The third-order valence-corrected chi connectivity index (χ3v) is 18.3. The average Bonchev–Trinajstić information content (AvgIpc) is 3.33. The van der Waals surface area contributed by atoms with E-state index >= 15 is 0 Å². The van der Waals surface area contributed by atoms with Crippen LogP contribution in [0.15, 0.2) is 25.4 Å². The Balaban J connectivity index is 2.05. The van der Waals surface area contributed by atoms with Crippen molar-refractivity contribution in [1.29, 1.82) is 0 Å². The molecule has 0 fully saturated rings. The maximum atomic E-state index is 2.50. The molecule has 0 N–H and O–H groups in total. The number of rotatable bonds is 16. The molecule has 2 aliphatic heterocycles. The van der Waals surface area contributed by atoms with Gasteiger partial charge in [0.1, 0.15) is 0 Å². The highest BCUT2D eigenvalue weighted by molar-refractivity contribution is 14.1. The Bertz CT molecular complexity index is 523. The van der Waals surface area contributed by atoms with Crippen LogP contribution < -0.4 is 0 Å². The lowest BCUT2D eigenvalue weighted by Gasteiger charge is -2.03. The summed E-state index contributed by atoms with van der Waals surface area (Å²) in [5.41, 5.74) is 0. The molecule has 0 aromatic carbocycles. The van der Waals surface area contributed by atoms with Gasteiger partial charge < -0.3 is 0 Å². The second-order valence-electron chi connectivity index (χ2n) is 5.70. The van der Waals surface area contributed by atoms with Crippen LogP contribution in [-0.2, 0) is 0 Å². The summed E-state index contributed by atoms with van der Waals surface area (Å²) in [5.74, 6) is 4.99. The van der Waals surface area contributed by atoms with Crippen molar-refractivity contribution in [3.63, 3.8) is 0 Å². The monoisotopic (exact) mass is 1000 g/mol.